The number of nitrogens with one attached hydrogen (secondary N) is 1. The van der Waals surface area contributed by atoms with Crippen LogP contribution in [0.15, 0.2) is 56.1 Å². The number of anilines is 1. The lowest BCUT2D eigenvalue weighted by atomic mass is 10.0. The largest absolute Gasteiger partial charge is 0.439 e. The van der Waals surface area contributed by atoms with Crippen molar-refractivity contribution in [2.75, 3.05) is 25.6 Å². The fraction of sp³-hybridized carbons (Fsp3) is 0.190. The average molecular weight is 367 g/mol. The predicted octanol–water partition coefficient (Wildman–Crippen LogP) is 4.71. The van der Waals surface area contributed by atoms with Crippen LogP contribution in [-0.2, 0) is 4.74 Å². The molecule has 27 heavy (non-hydrogen) atoms. The Bertz CT molecular complexity index is 1190. The lowest BCUT2D eigenvalue weighted by molar-refractivity contribution is 0.210. The zero-order valence-electron chi connectivity index (χ0n) is 15.0. The minimum absolute atomic E-state index is 0.290. The lowest BCUT2D eigenvalue weighted by Gasteiger charge is -2.06. The number of methoxy groups -OCH3 is 1. The number of ether oxygens (including phenoxy) is 1. The van der Waals surface area contributed by atoms with Crippen LogP contribution in [0.5, 0.6) is 0 Å². The van der Waals surface area contributed by atoms with Crippen LogP contribution in [0.4, 0.5) is 10.3 Å². The third-order valence-electron chi connectivity index (χ3n) is 4.40. The Kier molecular flexibility index (Phi) is 4.41. The van der Waals surface area contributed by atoms with Crippen LogP contribution >= 0.6 is 0 Å². The molecule has 0 fully saturated rings. The van der Waals surface area contributed by atoms with E-state index in [9.17, 15) is 9.18 Å². The normalized spacial score (nSPS) is 11.4. The molecule has 0 unspecified atom stereocenters. The smallest absolute Gasteiger partial charge is 0.348 e. The number of aryl methyl sites for hydroxylation is 1. The van der Waals surface area contributed by atoms with Gasteiger partial charge < -0.3 is 18.9 Å². The van der Waals surface area contributed by atoms with Crippen molar-refractivity contribution in [3.63, 3.8) is 0 Å². The molecule has 2 aromatic carbocycles. The molecule has 1 N–H and O–H groups in total. The highest BCUT2D eigenvalue weighted by Crippen LogP contribution is 2.39. The Hall–Kier alpha value is -3.12. The minimum Gasteiger partial charge on any atom is -0.439 e. The molecule has 0 saturated heterocycles. The number of furan rings is 1. The van der Waals surface area contributed by atoms with Gasteiger partial charge in [0.2, 0.25) is 5.88 Å². The van der Waals surface area contributed by atoms with Gasteiger partial charge in [-0.1, -0.05) is 23.8 Å². The van der Waals surface area contributed by atoms with Crippen molar-refractivity contribution in [2.45, 2.75) is 6.92 Å². The predicted molar refractivity (Wildman–Crippen MR) is 103 cm³/mol. The maximum atomic E-state index is 13.8. The summed E-state index contributed by atoms with van der Waals surface area (Å²) in [5.41, 5.74) is 2.37. The van der Waals surface area contributed by atoms with Crippen molar-refractivity contribution in [3.8, 4) is 11.1 Å². The average Bonchev–Trinajstić information content (AvgIpc) is 3.03. The van der Waals surface area contributed by atoms with E-state index in [1.54, 1.807) is 25.3 Å². The number of fused-ring (bicyclic) bond motifs is 3. The van der Waals surface area contributed by atoms with Gasteiger partial charge in [-0.15, -0.1) is 0 Å². The molecule has 138 valence electrons. The third kappa shape index (κ3) is 3.08. The molecular formula is C21H18FNO4. The molecule has 4 aromatic rings. The molecule has 2 heterocycles. The molecule has 0 aliphatic rings. The Morgan fingerprint density at radius 2 is 2.00 bits per heavy atom. The standard InChI is InChI=1S/C21H18FNO4/c1-12-6-7-16-15(10-12)19-18(21(24)26-16)17(13-4-3-5-14(22)11-13)20(27-19)23-8-9-25-2/h3-7,10-11,23H,8-9H2,1-2H3. The number of hydrogen-bond acceptors (Lipinski definition) is 5. The van der Waals surface area contributed by atoms with Crippen LogP contribution in [0.1, 0.15) is 5.56 Å². The summed E-state index contributed by atoms with van der Waals surface area (Å²) in [6.45, 7) is 2.87. The van der Waals surface area contributed by atoms with E-state index >= 15 is 0 Å². The first kappa shape index (κ1) is 17.3. The molecule has 0 atom stereocenters. The van der Waals surface area contributed by atoms with Crippen LogP contribution in [0.2, 0.25) is 0 Å². The van der Waals surface area contributed by atoms with E-state index in [0.717, 1.165) is 5.56 Å². The van der Waals surface area contributed by atoms with Crippen LogP contribution < -0.4 is 10.9 Å². The number of halogens is 1. The second kappa shape index (κ2) is 6.89. The number of hydrogen-bond donors (Lipinski definition) is 1. The van der Waals surface area contributed by atoms with E-state index in [4.69, 9.17) is 13.6 Å². The molecule has 2 aromatic heterocycles. The van der Waals surface area contributed by atoms with Gasteiger partial charge in [0.05, 0.1) is 17.6 Å². The van der Waals surface area contributed by atoms with Gasteiger partial charge in [-0.2, -0.15) is 0 Å². The maximum Gasteiger partial charge on any atom is 0.348 e. The van der Waals surface area contributed by atoms with Gasteiger partial charge in [-0.05, 0) is 36.8 Å². The molecule has 0 saturated carbocycles. The second-order valence-electron chi connectivity index (χ2n) is 6.33. The van der Waals surface area contributed by atoms with E-state index in [-0.39, 0.29) is 0 Å². The Labute approximate surface area is 154 Å². The number of benzene rings is 2. The van der Waals surface area contributed by atoms with E-state index < -0.39 is 11.4 Å². The first-order valence-corrected chi connectivity index (χ1v) is 8.57. The fourth-order valence-corrected chi connectivity index (χ4v) is 3.19. The van der Waals surface area contributed by atoms with Crippen molar-refractivity contribution in [2.24, 2.45) is 0 Å². The molecule has 0 radical (unpaired) electrons. The highest BCUT2D eigenvalue weighted by atomic mass is 19.1. The van der Waals surface area contributed by atoms with Crippen LogP contribution in [0, 0.1) is 12.7 Å². The van der Waals surface area contributed by atoms with Gasteiger partial charge in [-0.3, -0.25) is 0 Å². The molecule has 0 aliphatic heterocycles. The first-order valence-electron chi connectivity index (χ1n) is 8.57. The Morgan fingerprint density at radius 1 is 1.15 bits per heavy atom. The summed E-state index contributed by atoms with van der Waals surface area (Å²) in [5, 5.41) is 4.12. The summed E-state index contributed by atoms with van der Waals surface area (Å²) in [7, 11) is 1.60. The topological polar surface area (TPSA) is 64.6 Å². The van der Waals surface area contributed by atoms with E-state index in [1.165, 1.54) is 12.1 Å². The summed E-state index contributed by atoms with van der Waals surface area (Å²) >= 11 is 0. The lowest BCUT2D eigenvalue weighted by Crippen LogP contribution is -2.08. The molecule has 5 nitrogen and oxygen atoms in total. The summed E-state index contributed by atoms with van der Waals surface area (Å²) in [6, 6.07) is 11.6. The monoisotopic (exact) mass is 367 g/mol. The van der Waals surface area contributed by atoms with Gasteiger partial charge in [0, 0.05) is 13.7 Å². The van der Waals surface area contributed by atoms with E-state index in [2.05, 4.69) is 5.32 Å². The van der Waals surface area contributed by atoms with Crippen LogP contribution in [-0.4, -0.2) is 20.3 Å². The van der Waals surface area contributed by atoms with Crippen molar-refractivity contribution < 1.29 is 18.0 Å². The zero-order chi connectivity index (χ0) is 19.0. The fourth-order valence-electron chi connectivity index (χ4n) is 3.19. The molecule has 0 bridgehead atoms. The van der Waals surface area contributed by atoms with Gasteiger partial charge >= 0.3 is 5.63 Å². The van der Waals surface area contributed by atoms with Gasteiger partial charge in [-0.25, -0.2) is 9.18 Å². The molecule has 4 rings (SSSR count). The van der Waals surface area contributed by atoms with Crippen molar-refractivity contribution in [1.29, 1.82) is 0 Å². The number of rotatable bonds is 5. The molecule has 0 aliphatic carbocycles. The summed E-state index contributed by atoms with van der Waals surface area (Å²) in [4.78, 5) is 12.7. The summed E-state index contributed by atoms with van der Waals surface area (Å²) < 4.78 is 30.4. The Morgan fingerprint density at radius 3 is 2.78 bits per heavy atom. The quantitative estimate of drug-likeness (QED) is 0.409. The van der Waals surface area contributed by atoms with Crippen LogP contribution in [0.25, 0.3) is 33.1 Å². The Balaban J connectivity index is 2.05. The molecule has 6 heteroatoms. The molecule has 0 amide bonds. The van der Waals surface area contributed by atoms with Crippen molar-refractivity contribution in [3.05, 3.63) is 64.3 Å². The third-order valence-corrected chi connectivity index (χ3v) is 4.40. The molecule has 0 spiro atoms. The van der Waals surface area contributed by atoms with Gasteiger partial charge in [0.25, 0.3) is 0 Å². The SMILES string of the molecule is COCCNc1oc2c(c1-c1cccc(F)c1)c(=O)oc1ccc(C)cc12. The second-order valence-corrected chi connectivity index (χ2v) is 6.33. The van der Waals surface area contributed by atoms with Crippen LogP contribution in [0.3, 0.4) is 0 Å². The van der Waals surface area contributed by atoms with Crippen molar-refractivity contribution in [1.82, 2.24) is 0 Å². The highest BCUT2D eigenvalue weighted by Gasteiger charge is 2.22. The van der Waals surface area contributed by atoms with Gasteiger partial charge in [0.15, 0.2) is 5.58 Å². The first-order chi connectivity index (χ1) is 13.1. The molecular weight excluding hydrogens is 349 g/mol. The highest BCUT2D eigenvalue weighted by molar-refractivity contribution is 6.09. The maximum absolute atomic E-state index is 13.8. The van der Waals surface area contributed by atoms with E-state index in [0.29, 0.717) is 52.1 Å². The summed E-state index contributed by atoms with van der Waals surface area (Å²) in [5.74, 6) is -0.0142. The minimum atomic E-state index is -0.524. The summed E-state index contributed by atoms with van der Waals surface area (Å²) in [6.07, 6.45) is 0. The van der Waals surface area contributed by atoms with Gasteiger partial charge in [0.1, 0.15) is 16.8 Å². The van der Waals surface area contributed by atoms with E-state index in [1.807, 2.05) is 19.1 Å². The zero-order valence-corrected chi connectivity index (χ0v) is 15.0. The van der Waals surface area contributed by atoms with Crippen molar-refractivity contribution >= 4 is 27.8 Å².